The Kier molecular flexibility index (Phi) is 13.0. The van der Waals surface area contributed by atoms with E-state index in [-0.39, 0.29) is 12.0 Å². The maximum atomic E-state index is 10.8. The van der Waals surface area contributed by atoms with Crippen molar-refractivity contribution in [2.24, 2.45) is 17.8 Å². The lowest BCUT2D eigenvalue weighted by molar-refractivity contribution is -0.141. The summed E-state index contributed by atoms with van der Waals surface area (Å²) in [7, 11) is 0. The summed E-state index contributed by atoms with van der Waals surface area (Å²) in [6.45, 7) is 10.7. The van der Waals surface area contributed by atoms with Crippen molar-refractivity contribution in [3.05, 3.63) is 34.9 Å². The van der Waals surface area contributed by atoms with Gasteiger partial charge in [-0.2, -0.15) is 0 Å². The van der Waals surface area contributed by atoms with Crippen LogP contribution in [0, 0.1) is 17.8 Å². The third-order valence-corrected chi connectivity index (χ3v) is 6.74. The van der Waals surface area contributed by atoms with Crippen LogP contribution in [0.5, 0.6) is 0 Å². The average molecular weight is 419 g/mol. The predicted octanol–water partition coefficient (Wildman–Crippen LogP) is 7.46. The molecule has 0 aliphatic heterocycles. The highest BCUT2D eigenvalue weighted by atomic mass is 16.4. The molecule has 3 heteroatoms. The zero-order chi connectivity index (χ0) is 22.5. The first-order valence-electron chi connectivity index (χ1n) is 12.1. The molecule has 0 fully saturated rings. The first kappa shape index (κ1) is 26.7. The van der Waals surface area contributed by atoms with Gasteiger partial charge in [0.15, 0.2) is 0 Å². The van der Waals surface area contributed by atoms with Crippen molar-refractivity contribution in [2.45, 2.75) is 111 Å². The molecule has 0 heterocycles. The van der Waals surface area contributed by atoms with Gasteiger partial charge < -0.3 is 10.2 Å². The number of carboxylic acids is 1. The fraction of sp³-hybridized carbons (Fsp3) is 0.741. The first-order chi connectivity index (χ1) is 14.2. The number of carbonyl (C=O) groups is 1. The van der Waals surface area contributed by atoms with Crippen molar-refractivity contribution in [2.75, 3.05) is 0 Å². The van der Waals surface area contributed by atoms with E-state index in [0.717, 1.165) is 57.8 Å². The molecular weight excluding hydrogens is 372 g/mol. The van der Waals surface area contributed by atoms with Gasteiger partial charge in [0.25, 0.3) is 0 Å². The largest absolute Gasteiger partial charge is 0.481 e. The molecule has 4 unspecified atom stereocenters. The lowest BCUT2D eigenvalue weighted by Crippen LogP contribution is -2.09. The summed E-state index contributed by atoms with van der Waals surface area (Å²) in [6, 6.07) is 0. The van der Waals surface area contributed by atoms with Crippen molar-refractivity contribution < 1.29 is 15.0 Å². The molecule has 3 nitrogen and oxygen atoms in total. The molecule has 1 rings (SSSR count). The van der Waals surface area contributed by atoms with E-state index in [0.29, 0.717) is 11.8 Å². The number of allylic oxidation sites excluding steroid dienone is 6. The maximum absolute atomic E-state index is 10.8. The van der Waals surface area contributed by atoms with Crippen LogP contribution in [0.2, 0.25) is 0 Å². The Bertz CT molecular complexity index is 599. The van der Waals surface area contributed by atoms with Crippen LogP contribution >= 0.6 is 0 Å². The van der Waals surface area contributed by atoms with E-state index in [2.05, 4.69) is 45.9 Å². The molecule has 1 aliphatic carbocycles. The van der Waals surface area contributed by atoms with Crippen molar-refractivity contribution >= 4 is 5.97 Å². The molecule has 0 aromatic carbocycles. The Morgan fingerprint density at radius 3 is 2.53 bits per heavy atom. The van der Waals surface area contributed by atoms with Crippen molar-refractivity contribution in [3.63, 3.8) is 0 Å². The second kappa shape index (κ2) is 14.6. The van der Waals surface area contributed by atoms with Gasteiger partial charge in [-0.15, -0.1) is 0 Å². The second-order valence-electron chi connectivity index (χ2n) is 9.83. The molecule has 0 spiro atoms. The summed E-state index contributed by atoms with van der Waals surface area (Å²) in [5, 5.41) is 19.3. The van der Waals surface area contributed by atoms with E-state index < -0.39 is 5.97 Å². The van der Waals surface area contributed by atoms with Gasteiger partial charge in [-0.05, 0) is 83.5 Å². The number of hydrogen-bond acceptors (Lipinski definition) is 2. The monoisotopic (exact) mass is 418 g/mol. The minimum atomic E-state index is -0.691. The van der Waals surface area contributed by atoms with Crippen LogP contribution in [0.1, 0.15) is 105 Å². The van der Waals surface area contributed by atoms with Crippen molar-refractivity contribution in [1.29, 1.82) is 0 Å². The normalized spacial score (nSPS) is 20.3. The van der Waals surface area contributed by atoms with E-state index in [1.54, 1.807) is 6.92 Å². The van der Waals surface area contributed by atoms with Gasteiger partial charge in [-0.1, -0.05) is 68.6 Å². The predicted molar refractivity (Wildman–Crippen MR) is 128 cm³/mol. The molecule has 0 saturated carbocycles. The molecule has 4 atom stereocenters. The number of aliphatic hydroxyl groups is 1. The molecular formula is C27H46O3. The Hall–Kier alpha value is -1.35. The number of hydrogen-bond donors (Lipinski definition) is 2. The van der Waals surface area contributed by atoms with Crippen LogP contribution in [0.15, 0.2) is 34.9 Å². The fourth-order valence-corrected chi connectivity index (χ4v) is 4.09. The molecule has 0 bridgehead atoms. The third kappa shape index (κ3) is 11.7. The van der Waals surface area contributed by atoms with Gasteiger partial charge in [0.1, 0.15) is 0 Å². The lowest BCUT2D eigenvalue weighted by Gasteiger charge is -2.20. The summed E-state index contributed by atoms with van der Waals surface area (Å²) in [5.74, 6) is 0.401. The van der Waals surface area contributed by atoms with Gasteiger partial charge in [0.05, 0.1) is 12.0 Å². The highest BCUT2D eigenvalue weighted by Crippen LogP contribution is 2.28. The zero-order valence-electron chi connectivity index (χ0n) is 20.1. The van der Waals surface area contributed by atoms with E-state index in [9.17, 15) is 9.90 Å². The van der Waals surface area contributed by atoms with Gasteiger partial charge in [0.2, 0.25) is 0 Å². The molecule has 0 radical (unpaired) electrons. The van der Waals surface area contributed by atoms with Gasteiger partial charge >= 0.3 is 5.97 Å². The minimum Gasteiger partial charge on any atom is -0.481 e. The standard InChI is InChI=1S/C27H46O3/c1-20(11-7-13-23(4)27(29)30)9-6-10-21(2)12-8-14-26(28)18-17-25-16-15-22(3)24(5)19-25/h9,15-16,21,23-24,26,28H,6-8,10-14,17-19H2,1-5H3,(H,29,30)/b20-9+. The number of aliphatic hydroxyl groups excluding tert-OH is 1. The van der Waals surface area contributed by atoms with Gasteiger partial charge in [0, 0.05) is 0 Å². The summed E-state index contributed by atoms with van der Waals surface area (Å²) >= 11 is 0. The molecule has 0 aromatic heterocycles. The van der Waals surface area contributed by atoms with Crippen molar-refractivity contribution in [3.8, 4) is 0 Å². The molecule has 172 valence electrons. The zero-order valence-corrected chi connectivity index (χ0v) is 20.1. The highest BCUT2D eigenvalue weighted by Gasteiger charge is 2.14. The minimum absolute atomic E-state index is 0.171. The van der Waals surface area contributed by atoms with Gasteiger partial charge in [-0.25, -0.2) is 0 Å². The summed E-state index contributed by atoms with van der Waals surface area (Å²) in [6.07, 6.45) is 17.9. The smallest absolute Gasteiger partial charge is 0.306 e. The molecule has 30 heavy (non-hydrogen) atoms. The van der Waals surface area contributed by atoms with Crippen LogP contribution in [-0.2, 0) is 4.79 Å². The summed E-state index contributed by atoms with van der Waals surface area (Å²) in [4.78, 5) is 10.8. The fourth-order valence-electron chi connectivity index (χ4n) is 4.09. The molecule has 0 saturated heterocycles. The Morgan fingerprint density at radius 1 is 1.13 bits per heavy atom. The summed E-state index contributed by atoms with van der Waals surface area (Å²) < 4.78 is 0. The van der Waals surface area contributed by atoms with Crippen LogP contribution < -0.4 is 0 Å². The van der Waals surface area contributed by atoms with E-state index in [1.165, 1.54) is 29.6 Å². The SMILES string of the molecule is CC1=CC=C(CCC(O)CCCC(C)CC/C=C(\C)CCCC(C)C(=O)O)CC1C. The van der Waals surface area contributed by atoms with Crippen LogP contribution in [0.4, 0.5) is 0 Å². The van der Waals surface area contributed by atoms with E-state index >= 15 is 0 Å². The van der Waals surface area contributed by atoms with E-state index in [1.807, 2.05) is 0 Å². The topological polar surface area (TPSA) is 57.5 Å². The molecule has 2 N–H and O–H groups in total. The maximum Gasteiger partial charge on any atom is 0.306 e. The van der Waals surface area contributed by atoms with Crippen LogP contribution in [-0.4, -0.2) is 22.3 Å². The Labute approximate surface area is 185 Å². The third-order valence-electron chi connectivity index (χ3n) is 6.74. The number of rotatable bonds is 15. The highest BCUT2D eigenvalue weighted by molar-refractivity contribution is 5.69. The number of aliphatic carboxylic acids is 1. The lowest BCUT2D eigenvalue weighted by atomic mass is 9.87. The molecule has 0 amide bonds. The van der Waals surface area contributed by atoms with Crippen LogP contribution in [0.3, 0.4) is 0 Å². The molecule has 0 aromatic rings. The average Bonchev–Trinajstić information content (AvgIpc) is 2.68. The Balaban J connectivity index is 2.10. The second-order valence-corrected chi connectivity index (χ2v) is 9.83. The first-order valence-corrected chi connectivity index (χ1v) is 12.1. The quantitative estimate of drug-likeness (QED) is 0.271. The van der Waals surface area contributed by atoms with Gasteiger partial charge in [-0.3, -0.25) is 4.79 Å². The van der Waals surface area contributed by atoms with Crippen LogP contribution in [0.25, 0.3) is 0 Å². The summed E-state index contributed by atoms with van der Waals surface area (Å²) in [5.41, 5.74) is 4.33. The van der Waals surface area contributed by atoms with E-state index in [4.69, 9.17) is 5.11 Å². The van der Waals surface area contributed by atoms with Crippen molar-refractivity contribution in [1.82, 2.24) is 0 Å². The molecule has 1 aliphatic rings. The number of carboxylic acid groups (broad SMARTS) is 1. The Morgan fingerprint density at radius 2 is 1.87 bits per heavy atom.